The molecule has 0 radical (unpaired) electrons. The van der Waals surface area contributed by atoms with Crippen molar-refractivity contribution in [2.45, 2.75) is 30.7 Å². The van der Waals surface area contributed by atoms with Crippen molar-refractivity contribution in [2.24, 2.45) is 11.8 Å². The Morgan fingerprint density at radius 3 is 2.56 bits per heavy atom. The highest BCUT2D eigenvalue weighted by Crippen LogP contribution is 2.60. The highest BCUT2D eigenvalue weighted by molar-refractivity contribution is 5.94. The van der Waals surface area contributed by atoms with Crippen molar-refractivity contribution >= 4 is 22.1 Å². The summed E-state index contributed by atoms with van der Waals surface area (Å²) in [7, 11) is 0. The number of nitrogens with zero attached hydrogens (tertiary/aromatic N) is 2. The fourth-order valence-electron chi connectivity index (χ4n) is 6.90. The van der Waals surface area contributed by atoms with Crippen molar-refractivity contribution in [1.29, 1.82) is 0 Å². The van der Waals surface area contributed by atoms with E-state index in [1.165, 1.54) is 33.2 Å². The molecule has 158 valence electrons. The fourth-order valence-corrected chi connectivity index (χ4v) is 6.90. The summed E-state index contributed by atoms with van der Waals surface area (Å²) in [5.41, 5.74) is 5.75. The van der Waals surface area contributed by atoms with Crippen LogP contribution in [0, 0.1) is 22.0 Å². The molecule has 0 aromatic heterocycles. The van der Waals surface area contributed by atoms with E-state index in [9.17, 15) is 10.1 Å². The van der Waals surface area contributed by atoms with Gasteiger partial charge in [-0.2, -0.15) is 0 Å². The van der Waals surface area contributed by atoms with E-state index in [2.05, 4.69) is 59.5 Å². The Morgan fingerprint density at radius 2 is 1.72 bits per heavy atom. The lowest BCUT2D eigenvalue weighted by atomic mass is 9.69. The first kappa shape index (κ1) is 18.2. The smallest absolute Gasteiger partial charge is 0.269 e. The molecule has 4 nitrogen and oxygen atoms in total. The van der Waals surface area contributed by atoms with Crippen LogP contribution in [0.25, 0.3) is 10.8 Å². The van der Waals surface area contributed by atoms with Gasteiger partial charge in [-0.3, -0.25) is 10.1 Å². The summed E-state index contributed by atoms with van der Waals surface area (Å²) in [6, 6.07) is 18.8. The number of fused-ring (bicyclic) bond motifs is 6. The van der Waals surface area contributed by atoms with E-state index in [1.807, 2.05) is 12.1 Å². The zero-order valence-electron chi connectivity index (χ0n) is 17.7. The Kier molecular flexibility index (Phi) is 3.73. The topological polar surface area (TPSA) is 46.4 Å². The molecule has 3 aromatic rings. The summed E-state index contributed by atoms with van der Waals surface area (Å²) in [5.74, 6) is 1.92. The molecule has 2 aliphatic carbocycles. The van der Waals surface area contributed by atoms with Crippen LogP contribution in [0.5, 0.6) is 0 Å². The molecule has 7 rings (SSSR count). The summed E-state index contributed by atoms with van der Waals surface area (Å²) in [6.45, 7) is 1.04. The largest absolute Gasteiger partial charge is 0.363 e. The lowest BCUT2D eigenvalue weighted by molar-refractivity contribution is -0.384. The number of benzene rings is 3. The number of non-ortho nitro benzene ring substituents is 1. The highest BCUT2D eigenvalue weighted by atomic mass is 16.6. The molecule has 0 saturated carbocycles. The van der Waals surface area contributed by atoms with E-state index >= 15 is 0 Å². The molecule has 2 aliphatic heterocycles. The van der Waals surface area contributed by atoms with Gasteiger partial charge in [0.25, 0.3) is 5.69 Å². The Hall–Kier alpha value is -3.40. The molecule has 0 fully saturated rings. The van der Waals surface area contributed by atoms with Crippen molar-refractivity contribution in [3.8, 4) is 0 Å². The summed E-state index contributed by atoms with van der Waals surface area (Å²) < 4.78 is 0. The fraction of sp³-hybridized carbons (Fsp3) is 0.286. The van der Waals surface area contributed by atoms with Crippen molar-refractivity contribution in [3.63, 3.8) is 0 Å². The number of hydrogen-bond donors (Lipinski definition) is 0. The second-order valence-corrected chi connectivity index (χ2v) is 9.70. The minimum atomic E-state index is -0.306. The van der Waals surface area contributed by atoms with Gasteiger partial charge in [-0.1, -0.05) is 60.7 Å². The van der Waals surface area contributed by atoms with Crippen LogP contribution in [0.4, 0.5) is 11.4 Å². The van der Waals surface area contributed by atoms with E-state index in [4.69, 9.17) is 0 Å². The molecule has 5 atom stereocenters. The van der Waals surface area contributed by atoms with E-state index < -0.39 is 0 Å². The number of rotatable bonds is 2. The maximum absolute atomic E-state index is 11.2. The van der Waals surface area contributed by atoms with Gasteiger partial charge in [0.05, 0.1) is 11.0 Å². The van der Waals surface area contributed by atoms with Crippen LogP contribution in [0.2, 0.25) is 0 Å². The van der Waals surface area contributed by atoms with Crippen molar-refractivity contribution < 1.29 is 4.92 Å². The van der Waals surface area contributed by atoms with Crippen molar-refractivity contribution in [1.82, 2.24) is 0 Å². The monoisotopic (exact) mass is 420 g/mol. The van der Waals surface area contributed by atoms with Gasteiger partial charge in [-0.05, 0) is 58.2 Å². The van der Waals surface area contributed by atoms with E-state index in [0.717, 1.165) is 19.4 Å². The van der Waals surface area contributed by atoms with E-state index in [-0.39, 0.29) is 16.7 Å². The van der Waals surface area contributed by atoms with Gasteiger partial charge < -0.3 is 4.90 Å². The van der Waals surface area contributed by atoms with Crippen LogP contribution >= 0.6 is 0 Å². The van der Waals surface area contributed by atoms with Gasteiger partial charge >= 0.3 is 0 Å². The summed E-state index contributed by atoms with van der Waals surface area (Å²) in [5, 5.41) is 14.0. The number of anilines is 1. The molecule has 0 saturated heterocycles. The third-order valence-corrected chi connectivity index (χ3v) is 8.19. The summed E-state index contributed by atoms with van der Waals surface area (Å²) >= 11 is 0. The highest BCUT2D eigenvalue weighted by Gasteiger charge is 2.48. The first-order valence-corrected chi connectivity index (χ1v) is 11.6. The molecule has 0 unspecified atom stereocenters. The van der Waals surface area contributed by atoms with Crippen LogP contribution in [0.15, 0.2) is 78.9 Å². The molecule has 0 spiro atoms. The SMILES string of the molecule is O=[N+]([O-])c1ccc([C@@H]2[C@@H]3CC=C[C@@H]3c3c4c(cc5ccccc35)[C@H]3C=CC[C@H]3CN42)cc1. The third-order valence-electron chi connectivity index (χ3n) is 8.19. The summed E-state index contributed by atoms with van der Waals surface area (Å²) in [4.78, 5) is 13.6. The Labute approximate surface area is 187 Å². The van der Waals surface area contributed by atoms with Gasteiger partial charge in [0.2, 0.25) is 0 Å². The Morgan fingerprint density at radius 1 is 0.938 bits per heavy atom. The van der Waals surface area contributed by atoms with E-state index in [0.29, 0.717) is 23.7 Å². The number of hydrogen-bond acceptors (Lipinski definition) is 3. The number of allylic oxidation sites excluding steroid dienone is 4. The molecule has 0 amide bonds. The molecular formula is C28H24N2O2. The maximum atomic E-state index is 11.2. The predicted octanol–water partition coefficient (Wildman–Crippen LogP) is 6.64. The average Bonchev–Trinajstić information content (AvgIpc) is 3.49. The lowest BCUT2D eigenvalue weighted by Gasteiger charge is -2.51. The van der Waals surface area contributed by atoms with Gasteiger partial charge in [0.1, 0.15) is 0 Å². The standard InChI is InChI=1S/C28H24N2O2/c31-30(32)20-13-11-17(12-14-20)27-24-10-4-9-23(24)26-22-7-2-1-5-18(22)15-25-21-8-3-6-19(21)16-29(27)28(25)26/h1-5,7-9,11-15,19,21,23-24,27H,6,10,16H2/t19-,21-,23-,24+,27+/m0/s1. The quantitative estimate of drug-likeness (QED) is 0.265. The Bertz CT molecular complexity index is 1320. The normalized spacial score (nSPS) is 29.1. The van der Waals surface area contributed by atoms with Gasteiger partial charge in [0, 0.05) is 36.2 Å². The third kappa shape index (κ3) is 2.38. The second kappa shape index (κ2) is 6.55. The second-order valence-electron chi connectivity index (χ2n) is 9.70. The molecule has 32 heavy (non-hydrogen) atoms. The van der Waals surface area contributed by atoms with Crippen LogP contribution in [-0.4, -0.2) is 11.5 Å². The number of nitro groups is 1. The van der Waals surface area contributed by atoms with Crippen molar-refractivity contribution in [3.05, 3.63) is 106 Å². The molecule has 2 heterocycles. The molecular weight excluding hydrogens is 396 g/mol. The minimum absolute atomic E-state index is 0.163. The molecule has 4 heteroatoms. The number of nitro benzene ring substituents is 1. The van der Waals surface area contributed by atoms with E-state index in [1.54, 1.807) is 12.1 Å². The first-order valence-electron chi connectivity index (χ1n) is 11.6. The van der Waals surface area contributed by atoms with Crippen LogP contribution in [-0.2, 0) is 0 Å². The Balaban J connectivity index is 1.49. The molecule has 4 aliphatic rings. The first-order chi connectivity index (χ1) is 15.7. The molecule has 0 bridgehead atoms. The average molecular weight is 421 g/mol. The molecule has 3 aromatic carbocycles. The van der Waals surface area contributed by atoms with Crippen LogP contribution in [0.3, 0.4) is 0 Å². The van der Waals surface area contributed by atoms with Gasteiger partial charge in [-0.15, -0.1) is 0 Å². The molecule has 0 N–H and O–H groups in total. The maximum Gasteiger partial charge on any atom is 0.269 e. The minimum Gasteiger partial charge on any atom is -0.363 e. The predicted molar refractivity (Wildman–Crippen MR) is 127 cm³/mol. The van der Waals surface area contributed by atoms with Gasteiger partial charge in [0.15, 0.2) is 0 Å². The lowest BCUT2D eigenvalue weighted by Crippen LogP contribution is -2.46. The van der Waals surface area contributed by atoms with Crippen LogP contribution in [0.1, 0.15) is 47.4 Å². The zero-order valence-corrected chi connectivity index (χ0v) is 17.7. The van der Waals surface area contributed by atoms with Gasteiger partial charge in [-0.25, -0.2) is 0 Å². The van der Waals surface area contributed by atoms with Crippen LogP contribution < -0.4 is 4.90 Å². The zero-order chi connectivity index (χ0) is 21.4. The summed E-state index contributed by atoms with van der Waals surface area (Å²) in [6.07, 6.45) is 11.7. The van der Waals surface area contributed by atoms with Crippen molar-refractivity contribution in [2.75, 3.05) is 11.4 Å².